The maximum atomic E-state index is 4.42. The number of rotatable bonds is 8. The first-order valence-corrected chi connectivity index (χ1v) is 7.23. The summed E-state index contributed by atoms with van der Waals surface area (Å²) in [4.78, 5) is 8.61. The Morgan fingerprint density at radius 3 is 2.65 bits per heavy atom. The van der Waals surface area contributed by atoms with E-state index in [0.717, 1.165) is 38.2 Å². The molecular weight excluding hydrogens is 248 g/mol. The van der Waals surface area contributed by atoms with Crippen LogP contribution in [0.15, 0.2) is 42.6 Å². The first-order chi connectivity index (χ1) is 9.88. The zero-order valence-corrected chi connectivity index (χ0v) is 12.0. The lowest BCUT2D eigenvalue weighted by molar-refractivity contribution is 0.857. The molecule has 20 heavy (non-hydrogen) atoms. The number of nitrogens with one attached hydrogen (secondary N) is 2. The number of aromatic nitrogens is 2. The zero-order valence-electron chi connectivity index (χ0n) is 12.0. The summed E-state index contributed by atoms with van der Waals surface area (Å²) < 4.78 is 0. The minimum absolute atomic E-state index is 0.694. The second-order valence-corrected chi connectivity index (χ2v) is 4.71. The Bertz CT molecular complexity index is 499. The van der Waals surface area contributed by atoms with Crippen molar-refractivity contribution >= 4 is 11.8 Å². The highest BCUT2D eigenvalue weighted by Crippen LogP contribution is 2.07. The SMILES string of the molecule is CCCNc1nccc(NCCCc2ccccc2)n1. The van der Waals surface area contributed by atoms with Crippen LogP contribution >= 0.6 is 0 Å². The van der Waals surface area contributed by atoms with Crippen LogP contribution in [-0.4, -0.2) is 23.1 Å². The van der Waals surface area contributed by atoms with Gasteiger partial charge in [-0.15, -0.1) is 0 Å². The van der Waals surface area contributed by atoms with Crippen molar-refractivity contribution in [3.8, 4) is 0 Å². The molecule has 0 aliphatic heterocycles. The van der Waals surface area contributed by atoms with E-state index in [1.54, 1.807) is 6.20 Å². The third-order valence-corrected chi connectivity index (χ3v) is 2.98. The topological polar surface area (TPSA) is 49.8 Å². The lowest BCUT2D eigenvalue weighted by atomic mass is 10.1. The van der Waals surface area contributed by atoms with Gasteiger partial charge in [-0.2, -0.15) is 4.98 Å². The van der Waals surface area contributed by atoms with E-state index in [1.807, 2.05) is 12.1 Å². The number of anilines is 2. The summed E-state index contributed by atoms with van der Waals surface area (Å²) in [7, 11) is 0. The van der Waals surface area contributed by atoms with Gasteiger partial charge in [0, 0.05) is 19.3 Å². The average molecular weight is 270 g/mol. The van der Waals surface area contributed by atoms with Gasteiger partial charge < -0.3 is 10.6 Å². The fraction of sp³-hybridized carbons (Fsp3) is 0.375. The van der Waals surface area contributed by atoms with E-state index < -0.39 is 0 Å². The normalized spacial score (nSPS) is 10.2. The molecule has 0 unspecified atom stereocenters. The quantitative estimate of drug-likeness (QED) is 0.722. The van der Waals surface area contributed by atoms with Crippen LogP contribution in [0.4, 0.5) is 11.8 Å². The van der Waals surface area contributed by atoms with Crippen molar-refractivity contribution in [2.75, 3.05) is 23.7 Å². The minimum atomic E-state index is 0.694. The summed E-state index contributed by atoms with van der Waals surface area (Å²) in [6.07, 6.45) is 5.02. The summed E-state index contributed by atoms with van der Waals surface area (Å²) in [6.45, 7) is 3.94. The molecule has 0 amide bonds. The largest absolute Gasteiger partial charge is 0.370 e. The van der Waals surface area contributed by atoms with Gasteiger partial charge in [-0.25, -0.2) is 4.98 Å². The fourth-order valence-electron chi connectivity index (χ4n) is 1.93. The van der Waals surface area contributed by atoms with Gasteiger partial charge in [-0.1, -0.05) is 37.3 Å². The zero-order chi connectivity index (χ0) is 14.0. The van der Waals surface area contributed by atoms with Crippen LogP contribution in [-0.2, 0) is 6.42 Å². The second-order valence-electron chi connectivity index (χ2n) is 4.71. The molecule has 1 aromatic heterocycles. The molecule has 2 rings (SSSR count). The minimum Gasteiger partial charge on any atom is -0.370 e. The molecule has 1 heterocycles. The van der Waals surface area contributed by atoms with Crippen LogP contribution in [0.5, 0.6) is 0 Å². The van der Waals surface area contributed by atoms with Crippen molar-refractivity contribution in [1.29, 1.82) is 0 Å². The molecule has 0 aliphatic rings. The lowest BCUT2D eigenvalue weighted by Gasteiger charge is -2.07. The van der Waals surface area contributed by atoms with E-state index >= 15 is 0 Å². The number of aryl methyl sites for hydroxylation is 1. The van der Waals surface area contributed by atoms with Gasteiger partial charge in [-0.05, 0) is 30.9 Å². The first-order valence-electron chi connectivity index (χ1n) is 7.23. The molecule has 0 saturated carbocycles. The molecule has 0 spiro atoms. The Morgan fingerprint density at radius 1 is 1.00 bits per heavy atom. The summed E-state index contributed by atoms with van der Waals surface area (Å²) in [5, 5.41) is 6.53. The van der Waals surface area contributed by atoms with Gasteiger partial charge in [0.05, 0.1) is 0 Å². The Labute approximate surface area is 120 Å². The number of nitrogens with zero attached hydrogens (tertiary/aromatic N) is 2. The molecule has 0 radical (unpaired) electrons. The van der Waals surface area contributed by atoms with Gasteiger partial charge >= 0.3 is 0 Å². The molecule has 1 aromatic carbocycles. The number of benzene rings is 1. The Hall–Kier alpha value is -2.10. The standard InChI is InChI=1S/C16H22N4/c1-2-11-18-16-19-13-10-15(20-16)17-12-6-9-14-7-4-3-5-8-14/h3-5,7-8,10,13H,2,6,9,11-12H2,1H3,(H2,17,18,19,20). The van der Waals surface area contributed by atoms with Crippen molar-refractivity contribution in [3.63, 3.8) is 0 Å². The molecule has 0 fully saturated rings. The van der Waals surface area contributed by atoms with Gasteiger partial charge in [0.15, 0.2) is 0 Å². The molecule has 4 nitrogen and oxygen atoms in total. The van der Waals surface area contributed by atoms with Crippen molar-refractivity contribution in [3.05, 3.63) is 48.2 Å². The highest BCUT2D eigenvalue weighted by Gasteiger charge is 1.98. The highest BCUT2D eigenvalue weighted by atomic mass is 15.1. The number of hydrogen-bond donors (Lipinski definition) is 2. The third kappa shape index (κ3) is 4.88. The van der Waals surface area contributed by atoms with Gasteiger partial charge in [0.1, 0.15) is 5.82 Å². The van der Waals surface area contributed by atoms with Crippen LogP contribution in [0.2, 0.25) is 0 Å². The molecule has 106 valence electrons. The van der Waals surface area contributed by atoms with Gasteiger partial charge in [0.25, 0.3) is 0 Å². The molecule has 0 bridgehead atoms. The molecule has 0 aliphatic carbocycles. The van der Waals surface area contributed by atoms with E-state index in [0.29, 0.717) is 5.95 Å². The fourth-order valence-corrected chi connectivity index (χ4v) is 1.93. The lowest BCUT2D eigenvalue weighted by Crippen LogP contribution is -2.08. The van der Waals surface area contributed by atoms with Crippen LogP contribution in [0.1, 0.15) is 25.3 Å². The molecule has 2 aromatic rings. The Morgan fingerprint density at radius 2 is 1.85 bits per heavy atom. The molecule has 0 saturated heterocycles. The molecule has 2 N–H and O–H groups in total. The summed E-state index contributed by atoms with van der Waals surface area (Å²) >= 11 is 0. The van der Waals surface area contributed by atoms with E-state index in [4.69, 9.17) is 0 Å². The predicted octanol–water partition coefficient (Wildman–Crippen LogP) is 3.34. The van der Waals surface area contributed by atoms with E-state index in [1.165, 1.54) is 5.56 Å². The van der Waals surface area contributed by atoms with Crippen LogP contribution in [0.3, 0.4) is 0 Å². The number of hydrogen-bond acceptors (Lipinski definition) is 4. The Kier molecular flexibility index (Phi) is 5.83. The average Bonchev–Trinajstić information content (AvgIpc) is 2.51. The van der Waals surface area contributed by atoms with Crippen molar-refractivity contribution in [2.45, 2.75) is 26.2 Å². The van der Waals surface area contributed by atoms with Crippen molar-refractivity contribution in [1.82, 2.24) is 9.97 Å². The van der Waals surface area contributed by atoms with Gasteiger partial charge in [0.2, 0.25) is 5.95 Å². The summed E-state index contributed by atoms with van der Waals surface area (Å²) in [5.41, 5.74) is 1.38. The predicted molar refractivity (Wildman–Crippen MR) is 84.1 cm³/mol. The smallest absolute Gasteiger partial charge is 0.224 e. The van der Waals surface area contributed by atoms with Crippen LogP contribution in [0, 0.1) is 0 Å². The summed E-state index contributed by atoms with van der Waals surface area (Å²) in [6, 6.07) is 12.4. The van der Waals surface area contributed by atoms with Crippen molar-refractivity contribution < 1.29 is 0 Å². The Balaban J connectivity index is 1.73. The maximum Gasteiger partial charge on any atom is 0.224 e. The molecule has 0 atom stereocenters. The molecular formula is C16H22N4. The molecule has 4 heteroatoms. The summed E-state index contributed by atoms with van der Waals surface area (Å²) in [5.74, 6) is 1.58. The van der Waals surface area contributed by atoms with Crippen LogP contribution < -0.4 is 10.6 Å². The van der Waals surface area contributed by atoms with E-state index in [-0.39, 0.29) is 0 Å². The van der Waals surface area contributed by atoms with Gasteiger partial charge in [-0.3, -0.25) is 0 Å². The third-order valence-electron chi connectivity index (χ3n) is 2.98. The van der Waals surface area contributed by atoms with E-state index in [2.05, 4.69) is 51.8 Å². The van der Waals surface area contributed by atoms with Crippen molar-refractivity contribution in [2.24, 2.45) is 0 Å². The van der Waals surface area contributed by atoms with Crippen LogP contribution in [0.25, 0.3) is 0 Å². The monoisotopic (exact) mass is 270 g/mol. The second kappa shape index (κ2) is 8.15. The first kappa shape index (κ1) is 14.3. The maximum absolute atomic E-state index is 4.42. The highest BCUT2D eigenvalue weighted by molar-refractivity contribution is 5.39. The van der Waals surface area contributed by atoms with E-state index in [9.17, 15) is 0 Å².